The number of aliphatic hydroxyl groups excluding tert-OH is 1. The van der Waals surface area contributed by atoms with Crippen LogP contribution in [0, 0.1) is 17.2 Å². The van der Waals surface area contributed by atoms with Crippen molar-refractivity contribution in [2.24, 2.45) is 5.92 Å². The zero-order valence-electron chi connectivity index (χ0n) is 19.6. The van der Waals surface area contributed by atoms with E-state index in [1.165, 1.54) is 5.56 Å². The highest BCUT2D eigenvalue weighted by Crippen LogP contribution is 2.62. The number of urea groups is 1. The van der Waals surface area contributed by atoms with Crippen molar-refractivity contribution in [3.8, 4) is 6.07 Å². The molecule has 1 heterocycles. The van der Waals surface area contributed by atoms with Gasteiger partial charge in [0.25, 0.3) is 0 Å². The Hall–Kier alpha value is -2.30. The van der Waals surface area contributed by atoms with E-state index in [0.717, 1.165) is 45.2 Å². The first-order valence-electron chi connectivity index (χ1n) is 12.3. The summed E-state index contributed by atoms with van der Waals surface area (Å²) >= 11 is 12.2. The Bertz CT molecular complexity index is 1150. The Morgan fingerprint density at radius 3 is 2.80 bits per heavy atom. The molecule has 6 nitrogen and oxygen atoms in total. The number of carbonyl (C=O) groups is 1. The van der Waals surface area contributed by atoms with Crippen LogP contribution in [0.1, 0.15) is 43.2 Å². The number of hydrogen-bond acceptors (Lipinski definition) is 4. The summed E-state index contributed by atoms with van der Waals surface area (Å²) in [5.74, 6) is 0.518. The fraction of sp³-hybridized carbons (Fsp3) is 0.481. The molecule has 3 aliphatic rings. The van der Waals surface area contributed by atoms with Crippen molar-refractivity contribution >= 4 is 34.9 Å². The summed E-state index contributed by atoms with van der Waals surface area (Å²) in [6.45, 7) is 2.86. The fourth-order valence-corrected chi connectivity index (χ4v) is 6.33. The van der Waals surface area contributed by atoms with Crippen LogP contribution in [0.3, 0.4) is 0 Å². The molecule has 0 aromatic heterocycles. The Labute approximate surface area is 216 Å². The van der Waals surface area contributed by atoms with Crippen molar-refractivity contribution in [2.45, 2.75) is 49.7 Å². The molecule has 2 saturated carbocycles. The molecule has 1 unspecified atom stereocenters. The van der Waals surface area contributed by atoms with Gasteiger partial charge in [-0.1, -0.05) is 35.3 Å². The molecule has 0 spiro atoms. The number of nitriles is 1. The molecule has 5 rings (SSSR count). The number of hydrogen-bond donors (Lipinski definition) is 2. The van der Waals surface area contributed by atoms with E-state index in [4.69, 9.17) is 23.2 Å². The standard InChI is InChI=1S/C27H30Cl2N4O2/c28-24-5-4-21(14-25(24)29)31-26(35)33(11-10-32-9-7-23(34)17-32)22-6-8-27(15-20(27)13-22)19-3-1-2-18(12-19)16-30/h1-5,12,14,20,22-23,34H,6-11,13,15,17H2,(H,31,35)/t20?,22-,23-,27+/m1/s1. The molecule has 35 heavy (non-hydrogen) atoms. The van der Waals surface area contributed by atoms with Crippen LogP contribution in [0.2, 0.25) is 10.0 Å². The third kappa shape index (κ3) is 5.15. The van der Waals surface area contributed by atoms with Gasteiger partial charge in [-0.05, 0) is 79.3 Å². The van der Waals surface area contributed by atoms with E-state index in [1.807, 2.05) is 23.1 Å². The second-order valence-electron chi connectivity index (χ2n) is 10.2. The predicted octanol–water partition coefficient (Wildman–Crippen LogP) is 5.28. The highest BCUT2D eigenvalue weighted by Gasteiger charge is 2.58. The quantitative estimate of drug-likeness (QED) is 0.551. The van der Waals surface area contributed by atoms with Gasteiger partial charge in [0.15, 0.2) is 0 Å². The summed E-state index contributed by atoms with van der Waals surface area (Å²) in [6.07, 6.45) is 4.50. The van der Waals surface area contributed by atoms with Gasteiger partial charge in [-0.3, -0.25) is 4.90 Å². The van der Waals surface area contributed by atoms with Crippen LogP contribution in [-0.4, -0.2) is 59.3 Å². The van der Waals surface area contributed by atoms with Gasteiger partial charge in [0.1, 0.15) is 0 Å². The van der Waals surface area contributed by atoms with Gasteiger partial charge in [-0.15, -0.1) is 0 Å². The van der Waals surface area contributed by atoms with Crippen LogP contribution >= 0.6 is 23.2 Å². The normalized spacial score (nSPS) is 27.7. The molecule has 2 aliphatic carbocycles. The number of amides is 2. The largest absolute Gasteiger partial charge is 0.392 e. The van der Waals surface area contributed by atoms with Crippen LogP contribution in [0.25, 0.3) is 0 Å². The van der Waals surface area contributed by atoms with E-state index in [2.05, 4.69) is 22.4 Å². The molecule has 2 aromatic carbocycles. The molecule has 8 heteroatoms. The van der Waals surface area contributed by atoms with Gasteiger partial charge in [0, 0.05) is 37.9 Å². The van der Waals surface area contributed by atoms with E-state index in [0.29, 0.717) is 40.3 Å². The van der Waals surface area contributed by atoms with Gasteiger partial charge in [0.2, 0.25) is 0 Å². The summed E-state index contributed by atoms with van der Waals surface area (Å²) in [5, 5.41) is 23.1. The summed E-state index contributed by atoms with van der Waals surface area (Å²) < 4.78 is 0. The summed E-state index contributed by atoms with van der Waals surface area (Å²) in [4.78, 5) is 17.7. The molecule has 4 atom stereocenters. The number of carbonyl (C=O) groups excluding carboxylic acids is 1. The zero-order valence-corrected chi connectivity index (χ0v) is 21.1. The second kappa shape index (κ2) is 9.99. The van der Waals surface area contributed by atoms with Gasteiger partial charge >= 0.3 is 6.03 Å². The lowest BCUT2D eigenvalue weighted by Gasteiger charge is -2.37. The van der Waals surface area contributed by atoms with Gasteiger partial charge in [-0.2, -0.15) is 5.26 Å². The maximum absolute atomic E-state index is 13.5. The van der Waals surface area contributed by atoms with E-state index < -0.39 is 0 Å². The topological polar surface area (TPSA) is 79.6 Å². The highest BCUT2D eigenvalue weighted by molar-refractivity contribution is 6.42. The van der Waals surface area contributed by atoms with E-state index >= 15 is 0 Å². The monoisotopic (exact) mass is 512 g/mol. The molecule has 0 bridgehead atoms. The molecule has 2 aromatic rings. The number of likely N-dealkylation sites (tertiary alicyclic amines) is 1. The molecule has 3 fully saturated rings. The van der Waals surface area contributed by atoms with Crippen LogP contribution in [0.5, 0.6) is 0 Å². The minimum absolute atomic E-state index is 0.132. The molecule has 2 amide bonds. The molecule has 0 radical (unpaired) electrons. The number of halogens is 2. The van der Waals surface area contributed by atoms with Crippen LogP contribution < -0.4 is 5.32 Å². The first-order valence-corrected chi connectivity index (χ1v) is 13.1. The van der Waals surface area contributed by atoms with Crippen molar-refractivity contribution in [3.63, 3.8) is 0 Å². The molecule has 184 valence electrons. The molecule has 1 saturated heterocycles. The van der Waals surface area contributed by atoms with Crippen LogP contribution in [0.15, 0.2) is 42.5 Å². The number of aliphatic hydroxyl groups is 1. The number of β-amino-alcohol motifs (C(OH)–C–C–N with tert-alkyl or cyclic N) is 1. The first-order chi connectivity index (χ1) is 16.9. The number of rotatable bonds is 6. The number of nitrogens with zero attached hydrogens (tertiary/aromatic N) is 3. The Morgan fingerprint density at radius 1 is 1.23 bits per heavy atom. The lowest BCUT2D eigenvalue weighted by Crippen LogP contribution is -2.48. The lowest BCUT2D eigenvalue weighted by atomic mass is 9.80. The zero-order chi connectivity index (χ0) is 24.6. The summed E-state index contributed by atoms with van der Waals surface area (Å²) in [7, 11) is 0. The Kier molecular flexibility index (Phi) is 6.96. The smallest absolute Gasteiger partial charge is 0.322 e. The number of benzene rings is 2. The fourth-order valence-electron chi connectivity index (χ4n) is 6.03. The third-order valence-electron chi connectivity index (χ3n) is 8.06. The van der Waals surface area contributed by atoms with Crippen LogP contribution in [0.4, 0.5) is 10.5 Å². The maximum atomic E-state index is 13.5. The summed E-state index contributed by atoms with van der Waals surface area (Å²) in [5.41, 5.74) is 2.74. The first kappa shape index (κ1) is 24.4. The van der Waals surface area contributed by atoms with Crippen molar-refractivity contribution in [2.75, 3.05) is 31.5 Å². The minimum Gasteiger partial charge on any atom is -0.392 e. The van der Waals surface area contributed by atoms with Crippen molar-refractivity contribution < 1.29 is 9.90 Å². The molecule has 1 aliphatic heterocycles. The van der Waals surface area contributed by atoms with Crippen molar-refractivity contribution in [3.05, 3.63) is 63.6 Å². The van der Waals surface area contributed by atoms with Gasteiger partial charge < -0.3 is 15.3 Å². The predicted molar refractivity (Wildman–Crippen MR) is 138 cm³/mol. The van der Waals surface area contributed by atoms with Gasteiger partial charge in [-0.25, -0.2) is 4.79 Å². The van der Waals surface area contributed by atoms with E-state index in [1.54, 1.807) is 18.2 Å². The van der Waals surface area contributed by atoms with Gasteiger partial charge in [0.05, 0.1) is 27.8 Å². The molecular weight excluding hydrogens is 483 g/mol. The molecular formula is C27H30Cl2N4O2. The lowest BCUT2D eigenvalue weighted by molar-refractivity contribution is 0.142. The molecule has 2 N–H and O–H groups in total. The highest BCUT2D eigenvalue weighted by atomic mass is 35.5. The average Bonchev–Trinajstić information content (AvgIpc) is 3.46. The Morgan fingerprint density at radius 2 is 2.09 bits per heavy atom. The van der Waals surface area contributed by atoms with Crippen molar-refractivity contribution in [1.29, 1.82) is 5.26 Å². The maximum Gasteiger partial charge on any atom is 0.322 e. The SMILES string of the molecule is N#Cc1cccc([C@@]23CC[C@@H](N(CCN4CC[C@@H](O)C4)C(=O)Nc4ccc(Cl)c(Cl)c4)CC2C3)c1. The third-order valence-corrected chi connectivity index (χ3v) is 8.80. The Balaban J connectivity index is 1.29. The van der Waals surface area contributed by atoms with Crippen molar-refractivity contribution in [1.82, 2.24) is 9.80 Å². The minimum atomic E-state index is -0.278. The number of anilines is 1. The number of fused-ring (bicyclic) bond motifs is 1. The second-order valence-corrected chi connectivity index (χ2v) is 11.0. The number of nitrogens with one attached hydrogen (secondary N) is 1. The summed E-state index contributed by atoms with van der Waals surface area (Å²) in [6, 6.07) is 15.4. The average molecular weight is 513 g/mol. The van der Waals surface area contributed by atoms with E-state index in [9.17, 15) is 15.2 Å². The van der Waals surface area contributed by atoms with E-state index in [-0.39, 0.29) is 23.6 Å². The van der Waals surface area contributed by atoms with Crippen LogP contribution in [-0.2, 0) is 5.41 Å².